The minimum atomic E-state index is -0.768. The van der Waals surface area contributed by atoms with Crippen molar-refractivity contribution in [2.45, 2.75) is 46.0 Å². The lowest BCUT2D eigenvalue weighted by atomic mass is 9.95. The molecule has 0 aromatic carbocycles. The van der Waals surface area contributed by atoms with Crippen molar-refractivity contribution >= 4 is 22.3 Å². The molecule has 0 aliphatic heterocycles. The number of carbonyl (C=O) groups is 1. The number of rotatable bonds is 4. The van der Waals surface area contributed by atoms with E-state index in [0.29, 0.717) is 16.6 Å². The molecule has 0 unspecified atom stereocenters. The Morgan fingerprint density at radius 3 is 2.68 bits per heavy atom. The van der Waals surface area contributed by atoms with Crippen molar-refractivity contribution in [3.05, 3.63) is 10.8 Å². The lowest BCUT2D eigenvalue weighted by Crippen LogP contribution is -2.31. The van der Waals surface area contributed by atoms with Crippen LogP contribution in [0.3, 0.4) is 0 Å². The molecule has 0 spiro atoms. The summed E-state index contributed by atoms with van der Waals surface area (Å²) in [5, 5.41) is 13.4. The molecular weight excluding hydrogens is 264 g/mol. The number of aromatic nitrogens is 4. The van der Waals surface area contributed by atoms with Crippen LogP contribution in [0.2, 0.25) is 0 Å². The molecule has 0 aliphatic carbocycles. The second-order valence-electron chi connectivity index (χ2n) is 5.16. The second kappa shape index (κ2) is 4.88. The molecule has 0 aliphatic rings. The van der Waals surface area contributed by atoms with Gasteiger partial charge in [-0.05, 0) is 20.8 Å². The number of hydrogen-bond donors (Lipinski definition) is 0. The summed E-state index contributed by atoms with van der Waals surface area (Å²) in [6.45, 7) is 9.85. The molecule has 19 heavy (non-hydrogen) atoms. The van der Waals surface area contributed by atoms with Gasteiger partial charge >= 0.3 is 5.97 Å². The SMILES string of the molecule is CCOC(=O)C(C)(C)c1nn2c(C(C)C)nnc2s1. The Kier molecular flexibility index (Phi) is 3.58. The van der Waals surface area contributed by atoms with Crippen LogP contribution in [0, 0.1) is 0 Å². The van der Waals surface area contributed by atoms with E-state index in [2.05, 4.69) is 15.3 Å². The Balaban J connectivity index is 2.43. The molecular formula is C12H18N4O2S. The number of fused-ring (bicyclic) bond motifs is 1. The van der Waals surface area contributed by atoms with Gasteiger partial charge in [-0.2, -0.15) is 9.61 Å². The van der Waals surface area contributed by atoms with Gasteiger partial charge in [0, 0.05) is 5.92 Å². The van der Waals surface area contributed by atoms with E-state index in [4.69, 9.17) is 4.74 Å². The molecule has 7 heteroatoms. The second-order valence-corrected chi connectivity index (χ2v) is 6.12. The molecule has 0 atom stereocenters. The third-order valence-corrected chi connectivity index (χ3v) is 4.07. The Hall–Kier alpha value is -1.50. The number of nitrogens with zero attached hydrogens (tertiary/aromatic N) is 4. The first-order valence-corrected chi connectivity index (χ1v) is 7.09. The highest BCUT2D eigenvalue weighted by molar-refractivity contribution is 7.16. The first kappa shape index (κ1) is 13.9. The van der Waals surface area contributed by atoms with Gasteiger partial charge in [0.05, 0.1) is 6.61 Å². The van der Waals surface area contributed by atoms with Crippen LogP contribution >= 0.6 is 11.3 Å². The molecule has 0 N–H and O–H groups in total. The van der Waals surface area contributed by atoms with Crippen LogP contribution in [0.5, 0.6) is 0 Å². The summed E-state index contributed by atoms with van der Waals surface area (Å²) in [5.74, 6) is 0.763. The van der Waals surface area contributed by atoms with Crippen molar-refractivity contribution in [2.24, 2.45) is 0 Å². The molecule has 104 valence electrons. The summed E-state index contributed by atoms with van der Waals surface area (Å²) in [6, 6.07) is 0. The number of esters is 1. The van der Waals surface area contributed by atoms with Gasteiger partial charge in [0.15, 0.2) is 5.82 Å². The molecule has 2 aromatic rings. The summed E-state index contributed by atoms with van der Waals surface area (Å²) in [5.41, 5.74) is -0.768. The average Bonchev–Trinajstić information content (AvgIpc) is 2.87. The van der Waals surface area contributed by atoms with Gasteiger partial charge in [-0.1, -0.05) is 25.2 Å². The van der Waals surface area contributed by atoms with Gasteiger partial charge < -0.3 is 4.74 Å². The van der Waals surface area contributed by atoms with E-state index < -0.39 is 5.41 Å². The fraction of sp³-hybridized carbons (Fsp3) is 0.667. The highest BCUT2D eigenvalue weighted by Crippen LogP contribution is 2.29. The first-order chi connectivity index (χ1) is 8.87. The molecule has 0 amide bonds. The van der Waals surface area contributed by atoms with E-state index in [9.17, 15) is 4.79 Å². The summed E-state index contributed by atoms with van der Waals surface area (Å²) in [7, 11) is 0. The van der Waals surface area contributed by atoms with Gasteiger partial charge in [0.1, 0.15) is 10.4 Å². The third-order valence-electron chi connectivity index (χ3n) is 2.85. The van der Waals surface area contributed by atoms with Crippen molar-refractivity contribution < 1.29 is 9.53 Å². The zero-order valence-electron chi connectivity index (χ0n) is 11.8. The van der Waals surface area contributed by atoms with E-state index in [1.807, 2.05) is 27.7 Å². The molecule has 0 radical (unpaired) electrons. The van der Waals surface area contributed by atoms with Gasteiger partial charge in [-0.3, -0.25) is 4.79 Å². The number of carbonyl (C=O) groups excluding carboxylic acids is 1. The Morgan fingerprint density at radius 1 is 1.42 bits per heavy atom. The lowest BCUT2D eigenvalue weighted by molar-refractivity contribution is -0.148. The summed E-state index contributed by atoms with van der Waals surface area (Å²) in [6.07, 6.45) is 0. The molecule has 2 heterocycles. The molecule has 0 bridgehead atoms. The average molecular weight is 282 g/mol. The van der Waals surface area contributed by atoms with E-state index in [-0.39, 0.29) is 11.9 Å². The van der Waals surface area contributed by atoms with E-state index >= 15 is 0 Å². The maximum atomic E-state index is 12.0. The maximum absolute atomic E-state index is 12.0. The molecule has 2 aromatic heterocycles. The third kappa shape index (κ3) is 2.34. The van der Waals surface area contributed by atoms with Gasteiger partial charge in [0.2, 0.25) is 4.96 Å². The van der Waals surface area contributed by atoms with Crippen LogP contribution in [0.15, 0.2) is 0 Å². The van der Waals surface area contributed by atoms with Crippen LogP contribution in [-0.2, 0) is 14.9 Å². The first-order valence-electron chi connectivity index (χ1n) is 6.27. The van der Waals surface area contributed by atoms with Crippen LogP contribution < -0.4 is 0 Å². The highest BCUT2D eigenvalue weighted by atomic mass is 32.1. The van der Waals surface area contributed by atoms with Crippen LogP contribution in [0.1, 0.15) is 51.4 Å². The maximum Gasteiger partial charge on any atom is 0.318 e. The lowest BCUT2D eigenvalue weighted by Gasteiger charge is -2.18. The Morgan fingerprint density at radius 2 is 2.11 bits per heavy atom. The molecule has 6 nitrogen and oxygen atoms in total. The predicted molar refractivity (Wildman–Crippen MR) is 72.4 cm³/mol. The molecule has 2 rings (SSSR count). The number of hydrogen-bond acceptors (Lipinski definition) is 6. The normalized spacial score (nSPS) is 12.3. The predicted octanol–water partition coefficient (Wildman–Crippen LogP) is 2.15. The quantitative estimate of drug-likeness (QED) is 0.804. The van der Waals surface area contributed by atoms with E-state index in [1.54, 1.807) is 11.4 Å². The van der Waals surface area contributed by atoms with Gasteiger partial charge in [0.25, 0.3) is 0 Å². The zero-order valence-corrected chi connectivity index (χ0v) is 12.6. The Labute approximate surface area is 115 Å². The van der Waals surface area contributed by atoms with Crippen LogP contribution in [0.4, 0.5) is 0 Å². The molecule has 0 saturated carbocycles. The summed E-state index contributed by atoms with van der Waals surface area (Å²) in [4.78, 5) is 12.7. The fourth-order valence-corrected chi connectivity index (χ4v) is 2.58. The minimum absolute atomic E-state index is 0.232. The van der Waals surface area contributed by atoms with Crippen molar-refractivity contribution in [1.29, 1.82) is 0 Å². The smallest absolute Gasteiger partial charge is 0.318 e. The van der Waals surface area contributed by atoms with Crippen molar-refractivity contribution in [3.8, 4) is 0 Å². The largest absolute Gasteiger partial charge is 0.465 e. The zero-order chi connectivity index (χ0) is 14.2. The van der Waals surface area contributed by atoms with Gasteiger partial charge in [-0.25, -0.2) is 0 Å². The number of ether oxygens (including phenoxy) is 1. The van der Waals surface area contributed by atoms with Crippen molar-refractivity contribution in [3.63, 3.8) is 0 Å². The summed E-state index contributed by atoms with van der Waals surface area (Å²) < 4.78 is 6.81. The fourth-order valence-electron chi connectivity index (χ4n) is 1.64. The van der Waals surface area contributed by atoms with Crippen LogP contribution in [0.25, 0.3) is 4.96 Å². The molecule has 0 fully saturated rings. The van der Waals surface area contributed by atoms with E-state index in [1.165, 1.54) is 11.3 Å². The van der Waals surface area contributed by atoms with E-state index in [0.717, 1.165) is 5.82 Å². The van der Waals surface area contributed by atoms with Crippen molar-refractivity contribution in [1.82, 2.24) is 19.8 Å². The highest BCUT2D eigenvalue weighted by Gasteiger charge is 2.36. The van der Waals surface area contributed by atoms with Crippen LogP contribution in [-0.4, -0.2) is 32.4 Å². The Bertz CT molecular complexity index is 600. The monoisotopic (exact) mass is 282 g/mol. The summed E-state index contributed by atoms with van der Waals surface area (Å²) >= 11 is 1.37. The molecule has 0 saturated heterocycles. The minimum Gasteiger partial charge on any atom is -0.465 e. The van der Waals surface area contributed by atoms with Gasteiger partial charge in [-0.15, -0.1) is 10.2 Å². The topological polar surface area (TPSA) is 69.4 Å². The standard InChI is InChI=1S/C12H18N4O2S/c1-6-18-10(17)12(4,5)9-15-16-8(7(2)3)13-14-11(16)19-9/h7H,6H2,1-5H3. The van der Waals surface area contributed by atoms with Crippen molar-refractivity contribution in [2.75, 3.05) is 6.61 Å².